The van der Waals surface area contributed by atoms with E-state index in [9.17, 15) is 13.2 Å². The average molecular weight is 175 g/mol. The molecule has 1 nitrogen and oxygen atoms in total. The molecule has 0 radical (unpaired) electrons. The Hall–Kier alpha value is -0.380. The van der Waals surface area contributed by atoms with Crippen LogP contribution in [0.15, 0.2) is 11.3 Å². The first-order chi connectivity index (χ1) is 4.45. The molecule has 0 aromatic rings. The zero-order valence-corrected chi connectivity index (χ0v) is 5.96. The number of allylic oxidation sites excluding steroid dienone is 1. The van der Waals surface area contributed by atoms with Gasteiger partial charge in [0.2, 0.25) is 0 Å². The van der Waals surface area contributed by atoms with Crippen LogP contribution < -0.4 is 0 Å². The molecule has 0 aliphatic rings. The van der Waals surface area contributed by atoms with Crippen molar-refractivity contribution < 1.29 is 17.9 Å². The molecular weight excluding hydrogens is 169 g/mol. The van der Waals surface area contributed by atoms with Gasteiger partial charge in [-0.25, -0.2) is 0 Å². The highest BCUT2D eigenvalue weighted by atomic mass is 35.5. The second kappa shape index (κ2) is 3.71. The van der Waals surface area contributed by atoms with E-state index in [4.69, 9.17) is 11.6 Å². The number of ether oxygens (including phenoxy) is 1. The Labute approximate surface area is 61.4 Å². The molecule has 0 atom stereocenters. The second-order valence-corrected chi connectivity index (χ2v) is 1.97. The summed E-state index contributed by atoms with van der Waals surface area (Å²) in [5, 5.41) is 0.0392. The summed E-state index contributed by atoms with van der Waals surface area (Å²) < 4.78 is 37.0. The zero-order valence-electron chi connectivity index (χ0n) is 5.20. The van der Waals surface area contributed by atoms with Crippen molar-refractivity contribution in [2.24, 2.45) is 0 Å². The maximum absolute atomic E-state index is 11.2. The first-order valence-corrected chi connectivity index (χ1v) is 2.92. The van der Waals surface area contributed by atoms with Gasteiger partial charge in [0.1, 0.15) is 6.26 Å². The van der Waals surface area contributed by atoms with Crippen molar-refractivity contribution in [1.82, 2.24) is 0 Å². The molecule has 0 N–H and O–H groups in total. The van der Waals surface area contributed by atoms with Gasteiger partial charge < -0.3 is 4.74 Å². The van der Waals surface area contributed by atoms with Crippen molar-refractivity contribution >= 4 is 11.6 Å². The van der Waals surface area contributed by atoms with Crippen LogP contribution in [0.3, 0.4) is 0 Å². The molecule has 0 saturated heterocycles. The topological polar surface area (TPSA) is 9.23 Å². The van der Waals surface area contributed by atoms with Crippen LogP contribution in [0.25, 0.3) is 0 Å². The Bertz CT molecular complexity index is 129. The maximum atomic E-state index is 11.2. The van der Waals surface area contributed by atoms with Crippen LogP contribution >= 0.6 is 11.6 Å². The van der Waals surface area contributed by atoms with E-state index in [1.165, 1.54) is 0 Å². The van der Waals surface area contributed by atoms with Gasteiger partial charge in [-0.05, 0) is 6.42 Å². The first kappa shape index (κ1) is 9.62. The lowest BCUT2D eigenvalue weighted by Crippen LogP contribution is -2.08. The van der Waals surface area contributed by atoms with E-state index in [0.717, 1.165) is 0 Å². The Morgan fingerprint density at radius 2 is 2.10 bits per heavy atom. The van der Waals surface area contributed by atoms with Gasteiger partial charge >= 0.3 is 6.36 Å². The molecule has 0 rings (SSSR count). The fraction of sp³-hybridized carbons (Fsp3) is 0.600. The van der Waals surface area contributed by atoms with E-state index in [1.807, 2.05) is 0 Å². The Morgan fingerprint density at radius 1 is 1.60 bits per heavy atom. The van der Waals surface area contributed by atoms with Crippen LogP contribution in [0.1, 0.15) is 13.3 Å². The molecule has 0 aliphatic heterocycles. The normalized spacial score (nSPS) is 13.5. The fourth-order valence-corrected chi connectivity index (χ4v) is 0.259. The molecule has 10 heavy (non-hydrogen) atoms. The van der Waals surface area contributed by atoms with Gasteiger partial charge in [-0.1, -0.05) is 18.5 Å². The zero-order chi connectivity index (χ0) is 8.20. The van der Waals surface area contributed by atoms with Crippen LogP contribution in [0.2, 0.25) is 0 Å². The maximum Gasteiger partial charge on any atom is 0.572 e. The Kier molecular flexibility index (Phi) is 3.57. The minimum atomic E-state index is -4.63. The van der Waals surface area contributed by atoms with Crippen LogP contribution in [0.5, 0.6) is 0 Å². The van der Waals surface area contributed by atoms with Gasteiger partial charge in [-0.2, -0.15) is 0 Å². The quantitative estimate of drug-likeness (QED) is 0.585. The number of halogens is 4. The monoisotopic (exact) mass is 174 g/mol. The van der Waals surface area contributed by atoms with Crippen molar-refractivity contribution in [3.63, 3.8) is 0 Å². The summed E-state index contributed by atoms with van der Waals surface area (Å²) in [7, 11) is 0. The van der Waals surface area contributed by atoms with Crippen LogP contribution in [-0.4, -0.2) is 6.36 Å². The molecular formula is C5H6ClF3O. The van der Waals surface area contributed by atoms with E-state index in [0.29, 0.717) is 12.7 Å². The third kappa shape index (κ3) is 5.75. The van der Waals surface area contributed by atoms with Crippen LogP contribution in [0.4, 0.5) is 13.2 Å². The minimum absolute atomic E-state index is 0.0392. The first-order valence-electron chi connectivity index (χ1n) is 2.55. The van der Waals surface area contributed by atoms with Gasteiger partial charge in [0, 0.05) is 0 Å². The summed E-state index contributed by atoms with van der Waals surface area (Å²) in [4.78, 5) is 0. The Balaban J connectivity index is 3.73. The lowest BCUT2D eigenvalue weighted by atomic mass is 10.5. The van der Waals surface area contributed by atoms with Crippen LogP contribution in [-0.2, 0) is 4.74 Å². The third-order valence-electron chi connectivity index (χ3n) is 0.658. The minimum Gasteiger partial charge on any atom is -0.413 e. The smallest absolute Gasteiger partial charge is 0.413 e. The summed E-state index contributed by atoms with van der Waals surface area (Å²) in [5.74, 6) is 0. The third-order valence-corrected chi connectivity index (χ3v) is 1.01. The summed E-state index contributed by atoms with van der Waals surface area (Å²) in [6.45, 7) is 1.62. The van der Waals surface area contributed by atoms with E-state index in [1.54, 1.807) is 6.92 Å². The molecule has 0 aromatic heterocycles. The molecule has 0 bridgehead atoms. The van der Waals surface area contributed by atoms with Crippen molar-refractivity contribution in [2.45, 2.75) is 19.7 Å². The predicted octanol–water partition coefficient (Wildman–Crippen LogP) is 3.01. The molecule has 0 amide bonds. The molecule has 0 unspecified atom stereocenters. The standard InChI is InChI=1S/C5H6ClF3O/c1-2-4(6)3-10-5(7,8)9/h3H,2H2,1H3/b4-3-. The predicted molar refractivity (Wildman–Crippen MR) is 31.4 cm³/mol. The largest absolute Gasteiger partial charge is 0.572 e. The van der Waals surface area contributed by atoms with E-state index in [-0.39, 0.29) is 5.03 Å². The molecule has 0 aromatic carbocycles. The molecule has 0 saturated carbocycles. The number of rotatable bonds is 2. The highest BCUT2D eigenvalue weighted by Crippen LogP contribution is 2.18. The molecule has 0 aliphatic carbocycles. The lowest BCUT2D eigenvalue weighted by molar-refractivity contribution is -0.298. The van der Waals surface area contributed by atoms with Crippen molar-refractivity contribution in [1.29, 1.82) is 0 Å². The number of alkyl halides is 3. The van der Waals surface area contributed by atoms with Gasteiger partial charge in [0.25, 0.3) is 0 Å². The molecule has 0 heterocycles. The molecule has 60 valence electrons. The molecule has 0 spiro atoms. The van der Waals surface area contributed by atoms with E-state index in [2.05, 4.69) is 4.74 Å². The van der Waals surface area contributed by atoms with Crippen molar-refractivity contribution in [3.8, 4) is 0 Å². The van der Waals surface area contributed by atoms with Gasteiger partial charge in [-0.3, -0.25) is 0 Å². The summed E-state index contributed by atoms with van der Waals surface area (Å²) in [5.41, 5.74) is 0. The average Bonchev–Trinajstić information content (AvgIpc) is 1.81. The number of hydrogen-bond acceptors (Lipinski definition) is 1. The van der Waals surface area contributed by atoms with E-state index >= 15 is 0 Å². The van der Waals surface area contributed by atoms with Crippen LogP contribution in [0, 0.1) is 0 Å². The SMILES string of the molecule is CC/C(Cl)=C/OC(F)(F)F. The molecule has 5 heteroatoms. The lowest BCUT2D eigenvalue weighted by Gasteiger charge is -2.03. The summed E-state index contributed by atoms with van der Waals surface area (Å²) >= 11 is 5.21. The van der Waals surface area contributed by atoms with Gasteiger partial charge in [-0.15, -0.1) is 13.2 Å². The van der Waals surface area contributed by atoms with Gasteiger partial charge in [0.15, 0.2) is 0 Å². The van der Waals surface area contributed by atoms with Crippen molar-refractivity contribution in [2.75, 3.05) is 0 Å². The molecule has 0 fully saturated rings. The van der Waals surface area contributed by atoms with E-state index < -0.39 is 6.36 Å². The summed E-state index contributed by atoms with van der Waals surface area (Å²) in [6, 6.07) is 0. The Morgan fingerprint density at radius 3 is 2.40 bits per heavy atom. The summed E-state index contributed by atoms with van der Waals surface area (Å²) in [6.07, 6.45) is -3.81. The highest BCUT2D eigenvalue weighted by molar-refractivity contribution is 6.29. The van der Waals surface area contributed by atoms with Crippen molar-refractivity contribution in [3.05, 3.63) is 11.3 Å². The fourth-order valence-electron chi connectivity index (χ4n) is 0.214. The highest BCUT2D eigenvalue weighted by Gasteiger charge is 2.29. The number of hydrogen-bond donors (Lipinski definition) is 0. The van der Waals surface area contributed by atoms with Gasteiger partial charge in [0.05, 0.1) is 5.03 Å². The second-order valence-electron chi connectivity index (χ2n) is 1.48.